The van der Waals surface area contributed by atoms with Crippen molar-refractivity contribution in [1.29, 1.82) is 0 Å². The number of nitrogens with zero attached hydrogens (tertiary/aromatic N) is 2. The van der Waals surface area contributed by atoms with Gasteiger partial charge in [0.1, 0.15) is 5.69 Å². The Morgan fingerprint density at radius 2 is 1.73 bits per heavy atom. The number of rotatable bonds is 6. The van der Waals surface area contributed by atoms with Crippen LogP contribution in [-0.2, 0) is 13.1 Å². The summed E-state index contributed by atoms with van der Waals surface area (Å²) < 4.78 is 2.27. The number of carbonyl (C=O) groups excluding carboxylic acids is 1. The van der Waals surface area contributed by atoms with Gasteiger partial charge in [0.2, 0.25) is 0 Å². The van der Waals surface area contributed by atoms with Gasteiger partial charge in [-0.3, -0.25) is 14.3 Å². The number of amides is 1. The van der Waals surface area contributed by atoms with Crippen LogP contribution in [0.5, 0.6) is 0 Å². The molecule has 3 aromatic rings. The molecule has 0 bridgehead atoms. The molecule has 4 rings (SSSR count). The summed E-state index contributed by atoms with van der Waals surface area (Å²) in [5.74, 6) is 0.676. The zero-order valence-electron chi connectivity index (χ0n) is 17.3. The van der Waals surface area contributed by atoms with Crippen molar-refractivity contribution in [2.75, 3.05) is 13.1 Å². The van der Waals surface area contributed by atoms with Crippen LogP contribution < -0.4 is 5.32 Å². The quantitative estimate of drug-likeness (QED) is 0.569. The predicted octanol–water partition coefficient (Wildman–Crippen LogP) is 4.70. The molecule has 0 saturated carbocycles. The van der Waals surface area contributed by atoms with E-state index in [4.69, 9.17) is 12.2 Å². The molecule has 6 heteroatoms. The van der Waals surface area contributed by atoms with Gasteiger partial charge in [-0.1, -0.05) is 49.4 Å². The molecule has 1 aliphatic rings. The minimum absolute atomic E-state index is 0.146. The van der Waals surface area contributed by atoms with E-state index < -0.39 is 0 Å². The molecule has 0 unspecified atom stereocenters. The van der Waals surface area contributed by atoms with E-state index in [9.17, 15) is 4.79 Å². The number of aromatic nitrogens is 2. The SMILES string of the molecule is CC1CCN(Cc2ccccc2CNC(=O)c2c[nH]c(=S)n2-c2ccccc2)CC1. The van der Waals surface area contributed by atoms with Gasteiger partial charge in [0.25, 0.3) is 5.91 Å². The summed E-state index contributed by atoms with van der Waals surface area (Å²) in [6.45, 7) is 6.04. The second-order valence-electron chi connectivity index (χ2n) is 8.06. The van der Waals surface area contributed by atoms with Gasteiger partial charge >= 0.3 is 0 Å². The molecule has 1 saturated heterocycles. The Kier molecular flexibility index (Phi) is 6.45. The fraction of sp³-hybridized carbons (Fsp3) is 0.333. The number of imidazole rings is 1. The van der Waals surface area contributed by atoms with Crippen LogP contribution in [0.1, 0.15) is 41.4 Å². The summed E-state index contributed by atoms with van der Waals surface area (Å²) in [6, 6.07) is 18.1. The van der Waals surface area contributed by atoms with Crippen LogP contribution in [0.2, 0.25) is 0 Å². The molecule has 0 radical (unpaired) electrons. The highest BCUT2D eigenvalue weighted by atomic mass is 32.1. The van der Waals surface area contributed by atoms with E-state index in [0.717, 1.165) is 36.8 Å². The summed E-state index contributed by atoms with van der Waals surface area (Å²) >= 11 is 5.39. The zero-order chi connectivity index (χ0) is 20.9. The third kappa shape index (κ3) is 4.71. The van der Waals surface area contributed by atoms with Crippen LogP contribution in [0, 0.1) is 10.7 Å². The number of H-pyrrole nitrogens is 1. The molecule has 156 valence electrons. The van der Waals surface area contributed by atoms with E-state index in [0.29, 0.717) is 17.0 Å². The lowest BCUT2D eigenvalue weighted by atomic mass is 9.98. The Hall–Kier alpha value is -2.70. The first-order valence-electron chi connectivity index (χ1n) is 10.5. The fourth-order valence-corrected chi connectivity index (χ4v) is 4.24. The molecular weight excluding hydrogens is 392 g/mol. The highest BCUT2D eigenvalue weighted by Gasteiger charge is 2.18. The van der Waals surface area contributed by atoms with Crippen molar-refractivity contribution in [2.45, 2.75) is 32.9 Å². The van der Waals surface area contributed by atoms with Gasteiger partial charge in [-0.25, -0.2) is 0 Å². The second kappa shape index (κ2) is 9.41. The summed E-state index contributed by atoms with van der Waals surface area (Å²) in [6.07, 6.45) is 4.19. The lowest BCUT2D eigenvalue weighted by Crippen LogP contribution is -2.33. The molecule has 1 aromatic heterocycles. The molecule has 30 heavy (non-hydrogen) atoms. The number of likely N-dealkylation sites (tertiary alicyclic amines) is 1. The second-order valence-corrected chi connectivity index (χ2v) is 8.45. The molecule has 5 nitrogen and oxygen atoms in total. The van der Waals surface area contributed by atoms with Gasteiger partial charge in [-0.2, -0.15) is 0 Å². The number of carbonyl (C=O) groups is 1. The average molecular weight is 421 g/mol. The van der Waals surface area contributed by atoms with Crippen molar-refractivity contribution in [1.82, 2.24) is 19.8 Å². The van der Waals surface area contributed by atoms with E-state index in [1.54, 1.807) is 10.8 Å². The van der Waals surface area contributed by atoms with E-state index in [1.165, 1.54) is 18.4 Å². The highest BCUT2D eigenvalue weighted by Crippen LogP contribution is 2.20. The van der Waals surface area contributed by atoms with E-state index >= 15 is 0 Å². The Morgan fingerprint density at radius 3 is 2.47 bits per heavy atom. The van der Waals surface area contributed by atoms with E-state index in [2.05, 4.69) is 40.3 Å². The number of hydrogen-bond donors (Lipinski definition) is 2. The Morgan fingerprint density at radius 1 is 1.07 bits per heavy atom. The van der Waals surface area contributed by atoms with Crippen molar-refractivity contribution in [3.63, 3.8) is 0 Å². The van der Waals surface area contributed by atoms with Crippen molar-refractivity contribution >= 4 is 18.1 Å². The van der Waals surface area contributed by atoms with Crippen LogP contribution in [0.15, 0.2) is 60.8 Å². The summed E-state index contributed by atoms with van der Waals surface area (Å²) in [5, 5.41) is 3.08. The Bertz CT molecular complexity index is 1050. The molecule has 2 N–H and O–H groups in total. The molecule has 0 spiro atoms. The Balaban J connectivity index is 1.46. The van der Waals surface area contributed by atoms with Gasteiger partial charge in [-0.15, -0.1) is 0 Å². The maximum Gasteiger partial charge on any atom is 0.270 e. The normalized spacial score (nSPS) is 15.2. The first-order chi connectivity index (χ1) is 14.6. The molecule has 2 aromatic carbocycles. The van der Waals surface area contributed by atoms with Crippen LogP contribution in [0.4, 0.5) is 0 Å². The standard InChI is InChI=1S/C24H28N4OS/c1-18-11-13-27(14-12-18)17-20-8-6-5-7-19(20)15-25-23(29)22-16-26-24(30)28(22)21-9-3-2-4-10-21/h2-10,16,18H,11-15,17H2,1H3,(H,25,29)(H,26,30). The average Bonchev–Trinajstić information content (AvgIpc) is 3.16. The van der Waals surface area contributed by atoms with Crippen LogP contribution in [0.3, 0.4) is 0 Å². The van der Waals surface area contributed by atoms with Crippen LogP contribution in [0.25, 0.3) is 5.69 Å². The van der Waals surface area contributed by atoms with Gasteiger partial charge in [0.15, 0.2) is 4.77 Å². The van der Waals surface area contributed by atoms with Crippen LogP contribution >= 0.6 is 12.2 Å². The molecular formula is C24H28N4OS. The topological polar surface area (TPSA) is 53.1 Å². The van der Waals surface area contributed by atoms with Gasteiger partial charge in [0.05, 0.1) is 0 Å². The maximum absolute atomic E-state index is 13.0. The number of benzene rings is 2. The Labute approximate surface area is 182 Å². The maximum atomic E-state index is 13.0. The lowest BCUT2D eigenvalue weighted by Gasteiger charge is -2.30. The zero-order valence-corrected chi connectivity index (χ0v) is 18.1. The van der Waals surface area contributed by atoms with Gasteiger partial charge in [-0.05, 0) is 67.3 Å². The van der Waals surface area contributed by atoms with Crippen molar-refractivity contribution in [2.24, 2.45) is 5.92 Å². The number of nitrogens with one attached hydrogen (secondary N) is 2. The van der Waals surface area contributed by atoms with E-state index in [-0.39, 0.29) is 5.91 Å². The number of hydrogen-bond acceptors (Lipinski definition) is 3. The third-order valence-electron chi connectivity index (χ3n) is 5.85. The molecule has 1 aliphatic heterocycles. The fourth-order valence-electron chi connectivity index (χ4n) is 3.98. The van der Waals surface area contributed by atoms with Crippen LogP contribution in [-0.4, -0.2) is 33.4 Å². The molecule has 0 aliphatic carbocycles. The van der Waals surface area contributed by atoms with E-state index in [1.807, 2.05) is 36.4 Å². The predicted molar refractivity (Wildman–Crippen MR) is 122 cm³/mol. The summed E-state index contributed by atoms with van der Waals surface area (Å²) in [4.78, 5) is 18.5. The first kappa shape index (κ1) is 20.6. The molecule has 1 amide bonds. The smallest absolute Gasteiger partial charge is 0.270 e. The summed E-state index contributed by atoms with van der Waals surface area (Å²) in [7, 11) is 0. The van der Waals surface area contributed by atoms with Gasteiger partial charge < -0.3 is 10.3 Å². The number of piperidine rings is 1. The molecule has 0 atom stereocenters. The molecule has 1 fully saturated rings. The van der Waals surface area contributed by atoms with Crippen molar-refractivity contribution < 1.29 is 4.79 Å². The largest absolute Gasteiger partial charge is 0.347 e. The number of para-hydroxylation sites is 1. The van der Waals surface area contributed by atoms with Crippen molar-refractivity contribution in [3.8, 4) is 5.69 Å². The van der Waals surface area contributed by atoms with Gasteiger partial charge in [0, 0.05) is 25.0 Å². The first-order valence-corrected chi connectivity index (χ1v) is 11.0. The highest BCUT2D eigenvalue weighted by molar-refractivity contribution is 7.71. The monoisotopic (exact) mass is 420 g/mol. The minimum atomic E-state index is -0.146. The summed E-state index contributed by atoms with van der Waals surface area (Å²) in [5.41, 5.74) is 3.81. The van der Waals surface area contributed by atoms with Crippen molar-refractivity contribution in [3.05, 3.63) is 82.4 Å². The third-order valence-corrected chi connectivity index (χ3v) is 6.15. The molecule has 2 heterocycles. The lowest BCUT2D eigenvalue weighted by molar-refractivity contribution is 0.0943. The minimum Gasteiger partial charge on any atom is -0.347 e. The number of aromatic amines is 1.